The molecule has 106 valence electrons. The largest absolute Gasteiger partial charge is 0.490 e. The zero-order valence-electron chi connectivity index (χ0n) is 12.6. The molecule has 2 rings (SSSR count). The lowest BCUT2D eigenvalue weighted by Crippen LogP contribution is -2.11. The Bertz CT molecular complexity index is 377. The van der Waals surface area contributed by atoms with E-state index in [2.05, 4.69) is 32.0 Å². The number of unbranched alkanes of at least 4 members (excludes halogenated alkanes) is 3. The lowest BCUT2D eigenvalue weighted by molar-refractivity contribution is 0.210. The fraction of sp³-hybridized carbons (Fsp3) is 0.667. The van der Waals surface area contributed by atoms with Crippen molar-refractivity contribution in [1.29, 1.82) is 0 Å². The molecule has 0 radical (unpaired) electrons. The maximum atomic E-state index is 6.05. The lowest BCUT2D eigenvalue weighted by atomic mass is 10.0. The number of hydrogen-bond acceptors (Lipinski definition) is 1. The van der Waals surface area contributed by atoms with E-state index in [0.717, 1.165) is 5.75 Å². The highest BCUT2D eigenvalue weighted by Gasteiger charge is 2.16. The van der Waals surface area contributed by atoms with Crippen molar-refractivity contribution < 1.29 is 4.74 Å². The Morgan fingerprint density at radius 2 is 1.89 bits per heavy atom. The molecule has 0 N–H and O–H groups in total. The Hall–Kier alpha value is -0.980. The minimum atomic E-state index is 0.467. The van der Waals surface area contributed by atoms with Gasteiger partial charge in [0.25, 0.3) is 0 Å². The van der Waals surface area contributed by atoms with Crippen molar-refractivity contribution in [1.82, 2.24) is 0 Å². The highest BCUT2D eigenvalue weighted by Crippen LogP contribution is 2.26. The SMILES string of the molecule is CCCCCCc1ccc(OC2CCCC2)cc1C. The number of rotatable bonds is 7. The molecule has 0 atom stereocenters. The van der Waals surface area contributed by atoms with Gasteiger partial charge >= 0.3 is 0 Å². The van der Waals surface area contributed by atoms with Gasteiger partial charge in [-0.05, 0) is 68.7 Å². The number of benzene rings is 1. The quantitative estimate of drug-likeness (QED) is 0.593. The first-order chi connectivity index (χ1) is 9.29. The molecule has 0 aromatic heterocycles. The molecule has 1 aromatic rings. The van der Waals surface area contributed by atoms with Gasteiger partial charge in [-0.2, -0.15) is 0 Å². The zero-order chi connectivity index (χ0) is 13.5. The van der Waals surface area contributed by atoms with Crippen LogP contribution in [0, 0.1) is 6.92 Å². The van der Waals surface area contributed by atoms with E-state index in [1.54, 1.807) is 0 Å². The Labute approximate surface area is 118 Å². The van der Waals surface area contributed by atoms with Gasteiger partial charge < -0.3 is 4.74 Å². The first-order valence-electron chi connectivity index (χ1n) is 8.06. The summed E-state index contributed by atoms with van der Waals surface area (Å²) >= 11 is 0. The molecule has 0 bridgehead atoms. The standard InChI is InChI=1S/C18H28O/c1-3-4-5-6-9-16-12-13-18(14-15(16)2)19-17-10-7-8-11-17/h12-14,17H,3-11H2,1-2H3. The van der Waals surface area contributed by atoms with E-state index < -0.39 is 0 Å². The minimum Gasteiger partial charge on any atom is -0.490 e. The van der Waals surface area contributed by atoms with Gasteiger partial charge in [-0.1, -0.05) is 32.3 Å². The van der Waals surface area contributed by atoms with Crippen LogP contribution in [0.3, 0.4) is 0 Å². The molecule has 0 amide bonds. The van der Waals surface area contributed by atoms with E-state index in [0.29, 0.717) is 6.10 Å². The first kappa shape index (κ1) is 14.4. The second-order valence-electron chi connectivity index (χ2n) is 5.92. The summed E-state index contributed by atoms with van der Waals surface area (Å²) in [6.07, 6.45) is 12.2. The Balaban J connectivity index is 1.85. The van der Waals surface area contributed by atoms with Crippen LogP contribution in [0.5, 0.6) is 5.75 Å². The van der Waals surface area contributed by atoms with Gasteiger partial charge in [0.2, 0.25) is 0 Å². The predicted molar refractivity (Wildman–Crippen MR) is 81.9 cm³/mol. The summed E-state index contributed by atoms with van der Waals surface area (Å²) in [5.74, 6) is 1.07. The number of hydrogen-bond donors (Lipinski definition) is 0. The third-order valence-corrected chi connectivity index (χ3v) is 4.22. The van der Waals surface area contributed by atoms with E-state index in [1.807, 2.05) is 0 Å². The van der Waals surface area contributed by atoms with Crippen LogP contribution in [0.15, 0.2) is 18.2 Å². The fourth-order valence-corrected chi connectivity index (χ4v) is 2.96. The van der Waals surface area contributed by atoms with Gasteiger partial charge in [0.15, 0.2) is 0 Å². The summed E-state index contributed by atoms with van der Waals surface area (Å²) in [6.45, 7) is 4.48. The first-order valence-corrected chi connectivity index (χ1v) is 8.06. The average molecular weight is 260 g/mol. The molecule has 19 heavy (non-hydrogen) atoms. The van der Waals surface area contributed by atoms with Crippen LogP contribution in [-0.4, -0.2) is 6.10 Å². The summed E-state index contributed by atoms with van der Waals surface area (Å²) in [4.78, 5) is 0. The van der Waals surface area contributed by atoms with Crippen LogP contribution in [-0.2, 0) is 6.42 Å². The summed E-state index contributed by atoms with van der Waals surface area (Å²) in [5, 5.41) is 0. The van der Waals surface area contributed by atoms with Crippen molar-refractivity contribution in [2.45, 2.75) is 77.7 Å². The normalized spacial score (nSPS) is 15.9. The number of ether oxygens (including phenoxy) is 1. The van der Waals surface area contributed by atoms with Crippen molar-refractivity contribution in [2.24, 2.45) is 0 Å². The highest BCUT2D eigenvalue weighted by molar-refractivity contribution is 5.35. The molecule has 1 nitrogen and oxygen atoms in total. The molecule has 0 aliphatic heterocycles. The predicted octanol–water partition coefficient (Wildman–Crippen LogP) is 5.44. The third kappa shape index (κ3) is 4.56. The van der Waals surface area contributed by atoms with E-state index in [-0.39, 0.29) is 0 Å². The van der Waals surface area contributed by atoms with E-state index in [9.17, 15) is 0 Å². The van der Waals surface area contributed by atoms with Crippen LogP contribution in [0.4, 0.5) is 0 Å². The van der Waals surface area contributed by atoms with Crippen LogP contribution >= 0.6 is 0 Å². The molecular weight excluding hydrogens is 232 g/mol. The van der Waals surface area contributed by atoms with Crippen LogP contribution in [0.1, 0.15) is 69.4 Å². The second kappa shape index (κ2) is 7.57. The molecule has 1 saturated carbocycles. The maximum Gasteiger partial charge on any atom is 0.119 e. The van der Waals surface area contributed by atoms with Crippen LogP contribution in [0.2, 0.25) is 0 Å². The minimum absolute atomic E-state index is 0.467. The van der Waals surface area contributed by atoms with Crippen molar-refractivity contribution in [3.05, 3.63) is 29.3 Å². The van der Waals surface area contributed by atoms with Crippen molar-refractivity contribution in [3.63, 3.8) is 0 Å². The molecule has 1 aliphatic rings. The Kier molecular flexibility index (Phi) is 5.75. The molecule has 1 heteroatoms. The van der Waals surface area contributed by atoms with Crippen molar-refractivity contribution in [3.8, 4) is 5.75 Å². The zero-order valence-corrected chi connectivity index (χ0v) is 12.6. The maximum absolute atomic E-state index is 6.05. The van der Waals surface area contributed by atoms with Gasteiger partial charge in [0.05, 0.1) is 6.10 Å². The lowest BCUT2D eigenvalue weighted by Gasteiger charge is -2.15. The van der Waals surface area contributed by atoms with E-state index >= 15 is 0 Å². The molecule has 0 saturated heterocycles. The monoisotopic (exact) mass is 260 g/mol. The highest BCUT2D eigenvalue weighted by atomic mass is 16.5. The molecule has 1 aliphatic carbocycles. The summed E-state index contributed by atoms with van der Waals surface area (Å²) in [7, 11) is 0. The number of aryl methyl sites for hydroxylation is 2. The average Bonchev–Trinajstić information content (AvgIpc) is 2.90. The third-order valence-electron chi connectivity index (χ3n) is 4.22. The topological polar surface area (TPSA) is 9.23 Å². The Morgan fingerprint density at radius 3 is 2.58 bits per heavy atom. The summed E-state index contributed by atoms with van der Waals surface area (Å²) in [5.41, 5.74) is 2.89. The van der Waals surface area contributed by atoms with Crippen molar-refractivity contribution in [2.75, 3.05) is 0 Å². The van der Waals surface area contributed by atoms with Crippen molar-refractivity contribution >= 4 is 0 Å². The fourth-order valence-electron chi connectivity index (χ4n) is 2.96. The smallest absolute Gasteiger partial charge is 0.119 e. The van der Waals surface area contributed by atoms with Gasteiger partial charge in [0, 0.05) is 0 Å². The molecule has 1 fully saturated rings. The molecule has 0 heterocycles. The molecular formula is C18H28O. The van der Waals surface area contributed by atoms with E-state index in [4.69, 9.17) is 4.74 Å². The van der Waals surface area contributed by atoms with Gasteiger partial charge in [0.1, 0.15) is 5.75 Å². The second-order valence-corrected chi connectivity index (χ2v) is 5.92. The van der Waals surface area contributed by atoms with E-state index in [1.165, 1.54) is 68.9 Å². The van der Waals surface area contributed by atoms with Gasteiger partial charge in [-0.25, -0.2) is 0 Å². The summed E-state index contributed by atoms with van der Waals surface area (Å²) in [6, 6.07) is 6.67. The molecule has 0 unspecified atom stereocenters. The Morgan fingerprint density at radius 1 is 1.11 bits per heavy atom. The van der Waals surface area contributed by atoms with Crippen LogP contribution < -0.4 is 4.74 Å². The van der Waals surface area contributed by atoms with Gasteiger partial charge in [-0.15, -0.1) is 0 Å². The molecule has 0 spiro atoms. The van der Waals surface area contributed by atoms with Crippen LogP contribution in [0.25, 0.3) is 0 Å². The van der Waals surface area contributed by atoms with Gasteiger partial charge in [-0.3, -0.25) is 0 Å². The molecule has 1 aromatic carbocycles. The summed E-state index contributed by atoms with van der Waals surface area (Å²) < 4.78 is 6.05.